The van der Waals surface area contributed by atoms with Gasteiger partial charge in [0, 0.05) is 0 Å². The molecule has 0 saturated heterocycles. The average molecular weight is 260 g/mol. The molecule has 3 rings (SSSR count). The van der Waals surface area contributed by atoms with Crippen LogP contribution in [0.5, 0.6) is 0 Å². The van der Waals surface area contributed by atoms with Crippen LogP contribution in [0, 0.1) is 23.7 Å². The van der Waals surface area contributed by atoms with E-state index in [1.54, 1.807) is 0 Å². The van der Waals surface area contributed by atoms with E-state index in [1.165, 1.54) is 0 Å². The molecule has 0 amide bonds. The van der Waals surface area contributed by atoms with Gasteiger partial charge in [-0.1, -0.05) is 60.7 Å². The zero-order chi connectivity index (χ0) is 13.8. The summed E-state index contributed by atoms with van der Waals surface area (Å²) < 4.78 is 0. The van der Waals surface area contributed by atoms with E-state index >= 15 is 0 Å². The Morgan fingerprint density at radius 3 is 1.85 bits per heavy atom. The molecule has 1 fully saturated rings. The van der Waals surface area contributed by atoms with Crippen LogP contribution in [0.1, 0.15) is 30.4 Å². The highest BCUT2D eigenvalue weighted by Crippen LogP contribution is 2.46. The molecule has 1 aliphatic rings. The first-order valence-electron chi connectivity index (χ1n) is 7.22. The van der Waals surface area contributed by atoms with E-state index < -0.39 is 5.41 Å². The van der Waals surface area contributed by atoms with Gasteiger partial charge in [0.05, 0.1) is 6.07 Å². The smallest absolute Gasteiger partial charge is 0.110 e. The van der Waals surface area contributed by atoms with Crippen LogP contribution in [0.25, 0.3) is 0 Å². The van der Waals surface area contributed by atoms with Crippen LogP contribution in [-0.2, 0) is 5.41 Å². The number of hydrogen-bond donors (Lipinski definition) is 0. The topological polar surface area (TPSA) is 23.8 Å². The molecule has 0 heterocycles. The highest BCUT2D eigenvalue weighted by molar-refractivity contribution is 5.47. The quantitative estimate of drug-likeness (QED) is 0.797. The van der Waals surface area contributed by atoms with Gasteiger partial charge >= 0.3 is 0 Å². The summed E-state index contributed by atoms with van der Waals surface area (Å²) in [5, 5.41) is 10.1. The Morgan fingerprint density at radius 2 is 1.45 bits per heavy atom. The van der Waals surface area contributed by atoms with Crippen LogP contribution in [0.4, 0.5) is 0 Å². The molecule has 2 aromatic carbocycles. The fourth-order valence-corrected chi connectivity index (χ4v) is 3.41. The van der Waals surface area contributed by atoms with E-state index in [2.05, 4.69) is 36.8 Å². The standard InChI is InChI=1S/C19H18N/c20-15-19(18-13-7-8-14-18,16-9-3-1-4-10-16)17-11-5-2-6-12-17/h1-7,9-12,18H,8,13-14H2. The van der Waals surface area contributed by atoms with Crippen LogP contribution in [0.3, 0.4) is 0 Å². The summed E-state index contributed by atoms with van der Waals surface area (Å²) >= 11 is 0. The van der Waals surface area contributed by atoms with Gasteiger partial charge in [0.15, 0.2) is 0 Å². The van der Waals surface area contributed by atoms with E-state index in [0.29, 0.717) is 5.92 Å². The van der Waals surface area contributed by atoms with Crippen molar-refractivity contribution in [3.05, 3.63) is 78.2 Å². The maximum atomic E-state index is 10.1. The van der Waals surface area contributed by atoms with Crippen molar-refractivity contribution >= 4 is 0 Å². The molecule has 1 atom stereocenters. The normalized spacial score (nSPS) is 15.9. The molecule has 2 aromatic rings. The van der Waals surface area contributed by atoms with Crippen molar-refractivity contribution in [2.24, 2.45) is 5.92 Å². The Morgan fingerprint density at radius 1 is 0.900 bits per heavy atom. The molecule has 1 saturated carbocycles. The summed E-state index contributed by atoms with van der Waals surface area (Å²) in [6.07, 6.45) is 5.56. The van der Waals surface area contributed by atoms with Crippen molar-refractivity contribution in [2.45, 2.75) is 24.7 Å². The molecule has 1 radical (unpaired) electrons. The van der Waals surface area contributed by atoms with Crippen LogP contribution in [0.15, 0.2) is 60.7 Å². The van der Waals surface area contributed by atoms with Crippen LogP contribution in [0.2, 0.25) is 0 Å². The van der Waals surface area contributed by atoms with Crippen LogP contribution >= 0.6 is 0 Å². The third-order valence-electron chi connectivity index (χ3n) is 4.42. The van der Waals surface area contributed by atoms with E-state index in [1.807, 2.05) is 36.4 Å². The maximum Gasteiger partial charge on any atom is 0.110 e. The molecule has 0 N–H and O–H groups in total. The summed E-state index contributed by atoms with van der Waals surface area (Å²) in [6, 6.07) is 23.2. The van der Waals surface area contributed by atoms with Gasteiger partial charge in [-0.15, -0.1) is 0 Å². The highest BCUT2D eigenvalue weighted by Gasteiger charge is 2.43. The summed E-state index contributed by atoms with van der Waals surface area (Å²) in [5.74, 6) is 0.373. The zero-order valence-corrected chi connectivity index (χ0v) is 11.5. The van der Waals surface area contributed by atoms with E-state index in [0.717, 1.165) is 30.4 Å². The summed E-state index contributed by atoms with van der Waals surface area (Å²) in [6.45, 7) is 0. The fourth-order valence-electron chi connectivity index (χ4n) is 3.41. The molecular formula is C19H18N. The van der Waals surface area contributed by atoms with Gasteiger partial charge in [-0.2, -0.15) is 5.26 Å². The Balaban J connectivity index is 2.19. The Kier molecular flexibility index (Phi) is 3.56. The molecule has 1 heteroatoms. The lowest BCUT2D eigenvalue weighted by molar-refractivity contribution is 0.407. The molecule has 99 valence electrons. The number of hydrogen-bond acceptors (Lipinski definition) is 1. The molecular weight excluding hydrogens is 242 g/mol. The number of benzene rings is 2. The minimum absolute atomic E-state index is 0.373. The third kappa shape index (κ3) is 2.02. The molecule has 0 spiro atoms. The highest BCUT2D eigenvalue weighted by atomic mass is 14.5. The lowest BCUT2D eigenvalue weighted by atomic mass is 9.66. The van der Waals surface area contributed by atoms with Gasteiger partial charge in [0.25, 0.3) is 0 Å². The lowest BCUT2D eigenvalue weighted by Gasteiger charge is -2.34. The van der Waals surface area contributed by atoms with Crippen molar-refractivity contribution in [3.63, 3.8) is 0 Å². The second-order valence-electron chi connectivity index (χ2n) is 5.45. The Bertz CT molecular complexity index is 549. The van der Waals surface area contributed by atoms with E-state index in [4.69, 9.17) is 0 Å². The predicted octanol–water partition coefficient (Wildman–Crippen LogP) is 4.50. The minimum Gasteiger partial charge on any atom is -0.197 e. The number of nitrogens with zero attached hydrogens (tertiary/aromatic N) is 1. The largest absolute Gasteiger partial charge is 0.197 e. The first kappa shape index (κ1) is 12.9. The van der Waals surface area contributed by atoms with Crippen molar-refractivity contribution in [2.75, 3.05) is 0 Å². The molecule has 0 aliphatic heterocycles. The zero-order valence-electron chi connectivity index (χ0n) is 11.5. The Hall–Kier alpha value is -2.07. The maximum absolute atomic E-state index is 10.1. The van der Waals surface area contributed by atoms with Crippen molar-refractivity contribution in [3.8, 4) is 6.07 Å². The fraction of sp³-hybridized carbons (Fsp3) is 0.263. The Labute approximate surface area is 120 Å². The molecule has 1 aliphatic carbocycles. The molecule has 0 aromatic heterocycles. The predicted molar refractivity (Wildman–Crippen MR) is 80.9 cm³/mol. The van der Waals surface area contributed by atoms with E-state index in [9.17, 15) is 5.26 Å². The van der Waals surface area contributed by atoms with E-state index in [-0.39, 0.29) is 0 Å². The molecule has 1 unspecified atom stereocenters. The summed E-state index contributed by atoms with van der Waals surface area (Å²) in [4.78, 5) is 0. The summed E-state index contributed by atoms with van der Waals surface area (Å²) in [5.41, 5.74) is 1.72. The monoisotopic (exact) mass is 260 g/mol. The van der Waals surface area contributed by atoms with Gasteiger partial charge in [0.2, 0.25) is 0 Å². The average Bonchev–Trinajstić information content (AvgIpc) is 3.06. The second-order valence-corrected chi connectivity index (χ2v) is 5.45. The molecule has 1 nitrogen and oxygen atoms in total. The third-order valence-corrected chi connectivity index (χ3v) is 4.42. The number of rotatable bonds is 3. The molecule has 20 heavy (non-hydrogen) atoms. The van der Waals surface area contributed by atoms with Crippen molar-refractivity contribution in [1.82, 2.24) is 0 Å². The van der Waals surface area contributed by atoms with Crippen molar-refractivity contribution in [1.29, 1.82) is 5.26 Å². The van der Waals surface area contributed by atoms with Gasteiger partial charge in [-0.3, -0.25) is 0 Å². The summed E-state index contributed by atoms with van der Waals surface area (Å²) in [7, 11) is 0. The van der Waals surface area contributed by atoms with Crippen LogP contribution < -0.4 is 0 Å². The second kappa shape index (κ2) is 5.51. The van der Waals surface area contributed by atoms with Crippen molar-refractivity contribution < 1.29 is 0 Å². The number of nitriles is 1. The van der Waals surface area contributed by atoms with Gasteiger partial charge in [0.1, 0.15) is 5.41 Å². The first-order valence-corrected chi connectivity index (χ1v) is 7.22. The SMILES string of the molecule is N#CC(c1ccccc1)(c1ccccc1)C1C[CH]CC1. The molecule has 0 bridgehead atoms. The van der Waals surface area contributed by atoms with Gasteiger partial charge in [-0.05, 0) is 42.7 Å². The lowest BCUT2D eigenvalue weighted by Crippen LogP contribution is -2.33. The van der Waals surface area contributed by atoms with Crippen LogP contribution in [-0.4, -0.2) is 0 Å². The minimum atomic E-state index is -0.518. The van der Waals surface area contributed by atoms with Gasteiger partial charge in [-0.25, -0.2) is 0 Å². The van der Waals surface area contributed by atoms with Gasteiger partial charge < -0.3 is 0 Å². The first-order chi connectivity index (χ1) is 9.88.